The van der Waals surface area contributed by atoms with Gasteiger partial charge in [0, 0.05) is 45.6 Å². The molecule has 0 aliphatic rings. The van der Waals surface area contributed by atoms with Crippen LogP contribution in [0.15, 0.2) is 82.1 Å². The van der Waals surface area contributed by atoms with Gasteiger partial charge in [0.05, 0.1) is 11.4 Å². The molecule has 4 aromatic rings. The molecule has 0 N–H and O–H groups in total. The molecule has 0 aromatic heterocycles. The largest absolute Gasteiger partial charge is 0.661 e. The first-order chi connectivity index (χ1) is 27.3. The molecule has 14 heteroatoms. The Kier molecular flexibility index (Phi) is 32.4. The van der Waals surface area contributed by atoms with Crippen LogP contribution in [0.3, 0.4) is 0 Å². The Balaban J connectivity index is -0.000000435. The number of hydrogen-bond acceptors (Lipinski definition) is 6. The van der Waals surface area contributed by atoms with E-state index in [0.717, 1.165) is 45.6 Å². The third-order valence-corrected chi connectivity index (χ3v) is 8.53. The zero-order chi connectivity index (χ0) is 45.4. The Hall–Kier alpha value is -5.26. The summed E-state index contributed by atoms with van der Waals surface area (Å²) in [6, 6.07) is 17.4. The fourth-order valence-corrected chi connectivity index (χ4v) is 6.83. The predicted octanol–water partition coefficient (Wildman–Crippen LogP) is 12.7. The van der Waals surface area contributed by atoms with Gasteiger partial charge in [-0.1, -0.05) is 119 Å². The van der Waals surface area contributed by atoms with E-state index < -0.39 is 0 Å². The maximum atomic E-state index is 7.25. The molecule has 0 amide bonds. The summed E-state index contributed by atoms with van der Waals surface area (Å²) < 4.78 is 0. The summed E-state index contributed by atoms with van der Waals surface area (Å²) in [5.74, 6) is 0. The van der Waals surface area contributed by atoms with Crippen LogP contribution in [0, 0.1) is 103 Å². The van der Waals surface area contributed by atoms with Crippen molar-refractivity contribution in [1.82, 2.24) is 22.4 Å². The van der Waals surface area contributed by atoms with Gasteiger partial charge in [0.2, 0.25) is 0 Å². The van der Waals surface area contributed by atoms with Crippen LogP contribution in [-0.4, -0.2) is 11.4 Å². The van der Waals surface area contributed by atoms with Gasteiger partial charge < -0.3 is 10.6 Å². The van der Waals surface area contributed by atoms with Crippen molar-refractivity contribution in [3.63, 3.8) is 0 Å². The van der Waals surface area contributed by atoms with Crippen LogP contribution < -0.4 is 22.4 Å². The van der Waals surface area contributed by atoms with Crippen molar-refractivity contribution in [2.75, 3.05) is 0 Å². The maximum absolute atomic E-state index is 7.25. The van der Waals surface area contributed by atoms with Crippen LogP contribution in [0.4, 0.5) is 22.7 Å². The minimum absolute atomic E-state index is 0. The number of aliphatic imine (C=N–C) groups is 2. The standard InChI is InChI=1S/2C23H29N2.2Fe.4NO/c2*1-14-9-16(3)22(17(4)10-14)24-20(7)13-21(8)25-23-18(5)11-15(2)12-19(23)6;;;4*1-2/h2*9-13H,1-8H3;;;;;;/q2*-1;;;;;;/b2*20-13-,25-21?;;;;;;. The van der Waals surface area contributed by atoms with Crippen LogP contribution in [0.1, 0.15) is 94.5 Å². The molecular formula is C46H58Fe2N8O4-2. The van der Waals surface area contributed by atoms with E-state index in [1.54, 1.807) is 0 Å². The van der Waals surface area contributed by atoms with Crippen LogP contribution in [-0.2, 0) is 34.1 Å². The number of benzene rings is 4. The Bertz CT molecular complexity index is 1870. The van der Waals surface area contributed by atoms with E-state index in [-0.39, 0.29) is 34.1 Å². The van der Waals surface area contributed by atoms with Gasteiger partial charge in [-0.25, -0.2) is 0 Å². The first-order valence-electron chi connectivity index (χ1n) is 18.3. The van der Waals surface area contributed by atoms with Crippen molar-refractivity contribution in [1.29, 1.82) is 0 Å². The van der Waals surface area contributed by atoms with E-state index in [1.165, 1.54) is 66.8 Å². The maximum Gasteiger partial charge on any atom is 0.120 e. The summed E-state index contributed by atoms with van der Waals surface area (Å²) >= 11 is 0. The molecule has 60 heavy (non-hydrogen) atoms. The molecular weight excluding hydrogens is 840 g/mol. The number of nitrogens with zero attached hydrogens (tertiary/aromatic N) is 8. The van der Waals surface area contributed by atoms with E-state index >= 15 is 0 Å². The fraction of sp³-hybridized carbons (Fsp3) is 0.348. The molecule has 0 saturated carbocycles. The average Bonchev–Trinajstić information content (AvgIpc) is 3.14. The normalized spacial score (nSPS) is 10.7. The van der Waals surface area contributed by atoms with Gasteiger partial charge in [-0.3, -0.25) is 9.98 Å². The van der Waals surface area contributed by atoms with Crippen LogP contribution >= 0.6 is 0 Å². The van der Waals surface area contributed by atoms with Crippen LogP contribution in [0.2, 0.25) is 0 Å². The van der Waals surface area contributed by atoms with Crippen LogP contribution in [0.5, 0.6) is 0 Å². The summed E-state index contributed by atoms with van der Waals surface area (Å²) in [5.41, 5.74) is 46.0. The monoisotopic (exact) mass is 898 g/mol. The molecule has 0 aliphatic heterocycles. The SMILES string of the molecule is CC(/C=C(/C)[N-]c1c(C)cc(C)cc1C)=Nc1c(C)cc(C)cc1C.CC(/C=C(/C)[N-]c1c(C)cc(C)cc1C)=Nc1c(C)cc(C)cc1C.[Fe].[Fe].[N]=O.[N]=O.[N]=O.[N]=O. The molecule has 4 rings (SSSR count). The molecule has 4 radical (unpaired) electrons. The first-order valence-corrected chi connectivity index (χ1v) is 18.3. The number of hydrogen-bond donors (Lipinski definition) is 0. The van der Waals surface area contributed by atoms with Crippen molar-refractivity contribution in [2.45, 2.75) is 111 Å². The number of aryl methyl sites for hydroxylation is 12. The van der Waals surface area contributed by atoms with Crippen molar-refractivity contribution >= 4 is 34.2 Å². The topological polar surface area (TPSA) is 210 Å². The van der Waals surface area contributed by atoms with E-state index in [2.05, 4.69) is 144 Å². The molecule has 0 unspecified atom stereocenters. The van der Waals surface area contributed by atoms with Crippen molar-refractivity contribution in [3.05, 3.63) is 169 Å². The van der Waals surface area contributed by atoms with Crippen molar-refractivity contribution in [2.24, 2.45) is 9.98 Å². The van der Waals surface area contributed by atoms with Gasteiger partial charge in [-0.2, -0.15) is 11.4 Å². The average molecular weight is 899 g/mol. The molecule has 0 aliphatic carbocycles. The molecule has 0 saturated heterocycles. The molecule has 324 valence electrons. The number of allylic oxidation sites excluding steroid dienone is 4. The second-order valence-corrected chi connectivity index (χ2v) is 14.3. The van der Waals surface area contributed by atoms with E-state index in [1.807, 2.05) is 27.7 Å². The first kappa shape index (κ1) is 61.4. The summed E-state index contributed by atoms with van der Waals surface area (Å²) in [5, 5.41) is 9.64. The molecule has 0 spiro atoms. The summed E-state index contributed by atoms with van der Waals surface area (Å²) in [6.45, 7) is 33.6. The van der Waals surface area contributed by atoms with Gasteiger partial charge in [0.25, 0.3) is 0 Å². The van der Waals surface area contributed by atoms with Gasteiger partial charge in [-0.15, -0.1) is 31.0 Å². The third kappa shape index (κ3) is 20.6. The Labute approximate surface area is 378 Å². The number of nitroso groups, excluding NO2 is 4. The van der Waals surface area contributed by atoms with E-state index in [9.17, 15) is 0 Å². The smallest absolute Gasteiger partial charge is 0.120 e. The molecule has 0 atom stereocenters. The van der Waals surface area contributed by atoms with Gasteiger partial charge in [0.15, 0.2) is 0 Å². The summed E-state index contributed by atoms with van der Waals surface area (Å²) in [7, 11) is 0. The van der Waals surface area contributed by atoms with Gasteiger partial charge in [0.1, 0.15) is 22.4 Å². The zero-order valence-electron chi connectivity index (χ0n) is 37.7. The fourth-order valence-electron chi connectivity index (χ4n) is 6.83. The Morgan fingerprint density at radius 1 is 0.383 bits per heavy atom. The molecule has 4 aromatic carbocycles. The van der Waals surface area contributed by atoms with Crippen LogP contribution in [0.25, 0.3) is 10.6 Å². The van der Waals surface area contributed by atoms with Gasteiger partial charge >= 0.3 is 0 Å². The molecule has 0 bridgehead atoms. The van der Waals surface area contributed by atoms with E-state index in [4.69, 9.17) is 62.6 Å². The minimum atomic E-state index is 0. The van der Waals surface area contributed by atoms with Gasteiger partial charge in [-0.05, 0) is 119 Å². The zero-order valence-corrected chi connectivity index (χ0v) is 39.9. The predicted molar refractivity (Wildman–Crippen MR) is 244 cm³/mol. The minimum Gasteiger partial charge on any atom is -0.661 e. The Morgan fingerprint density at radius 3 is 0.767 bits per heavy atom. The quantitative estimate of drug-likeness (QED) is 0.125. The summed E-state index contributed by atoms with van der Waals surface area (Å²) in [4.78, 5) is 38.6. The van der Waals surface area contributed by atoms with Crippen molar-refractivity contribution < 1.29 is 34.1 Å². The van der Waals surface area contributed by atoms with Crippen molar-refractivity contribution in [3.8, 4) is 0 Å². The second-order valence-electron chi connectivity index (χ2n) is 14.3. The molecule has 0 fully saturated rings. The molecule has 12 nitrogen and oxygen atoms in total. The summed E-state index contributed by atoms with van der Waals surface area (Å²) in [6.07, 6.45) is 4.11. The molecule has 0 heterocycles. The Morgan fingerprint density at radius 2 is 0.567 bits per heavy atom. The second kappa shape index (κ2) is 31.6. The number of rotatable bonds is 8. The third-order valence-electron chi connectivity index (χ3n) is 8.53. The van der Waals surface area contributed by atoms with E-state index in [0.29, 0.717) is 0 Å².